The van der Waals surface area contributed by atoms with E-state index >= 15 is 0 Å². The van der Waals surface area contributed by atoms with Crippen LogP contribution in [0.4, 0.5) is 0 Å². The number of Topliss-reactive ketones (excluding diaryl/α,β-unsaturated/α-hetero) is 1. The van der Waals surface area contributed by atoms with Gasteiger partial charge in [0.15, 0.2) is 11.5 Å². The Morgan fingerprint density at radius 3 is 2.65 bits per heavy atom. The first-order valence-corrected chi connectivity index (χ1v) is 11.4. The van der Waals surface area contributed by atoms with E-state index in [1.54, 1.807) is 48.9 Å². The molecule has 0 saturated carbocycles. The van der Waals surface area contributed by atoms with Crippen molar-refractivity contribution in [2.24, 2.45) is 0 Å². The van der Waals surface area contributed by atoms with Crippen molar-refractivity contribution in [3.63, 3.8) is 0 Å². The topological polar surface area (TPSA) is 88.6 Å². The summed E-state index contributed by atoms with van der Waals surface area (Å²) < 4.78 is 7.63. The Balaban J connectivity index is 1.52. The van der Waals surface area contributed by atoms with Gasteiger partial charge in [-0.3, -0.25) is 9.59 Å². The summed E-state index contributed by atoms with van der Waals surface area (Å²) in [7, 11) is 0. The summed E-state index contributed by atoms with van der Waals surface area (Å²) in [6.07, 6.45) is 5.78. The lowest BCUT2D eigenvalue weighted by molar-refractivity contribution is -0.129. The fraction of sp³-hybridized carbons (Fsp3) is 0.160. The molecule has 172 valence electrons. The maximum absolute atomic E-state index is 13.6. The number of ketones is 1. The van der Waals surface area contributed by atoms with E-state index in [1.807, 2.05) is 22.9 Å². The van der Waals surface area contributed by atoms with Gasteiger partial charge in [0.1, 0.15) is 5.58 Å². The zero-order valence-electron chi connectivity index (χ0n) is 17.8. The number of aliphatic hydroxyl groups is 1. The Morgan fingerprint density at radius 1 is 1.09 bits per heavy atom. The number of nitrogens with zero attached hydrogens (tertiary/aromatic N) is 3. The summed E-state index contributed by atoms with van der Waals surface area (Å²) >= 11 is 12.4. The van der Waals surface area contributed by atoms with Gasteiger partial charge in [0.25, 0.3) is 5.91 Å². The molecule has 0 radical (unpaired) electrons. The standard InChI is InChI=1S/C25H19Cl2N3O4/c26-17-7-6-16(12-18(17)27)22-21(23(31)20-13-15-4-1-2-5-19(15)34-20)24(32)25(33)30(22)10-3-9-29-11-8-28-14-29/h1-2,4-8,11-14,22,32H,3,9-10H2. The number of carbonyl (C=O) groups is 2. The lowest BCUT2D eigenvalue weighted by Gasteiger charge is -2.27. The lowest BCUT2D eigenvalue weighted by Crippen LogP contribution is -2.32. The molecule has 1 unspecified atom stereocenters. The van der Waals surface area contributed by atoms with Crippen LogP contribution >= 0.6 is 23.2 Å². The SMILES string of the molecule is O=C(C1=C(O)C(=O)N(CCCn2ccnc2)C1c1ccc(Cl)c(Cl)c1)c1cc2ccccc2o1. The second-order valence-corrected chi connectivity index (χ2v) is 8.78. The Bertz CT molecular complexity index is 1390. The molecule has 2 aromatic heterocycles. The Labute approximate surface area is 204 Å². The molecule has 1 aliphatic heterocycles. The van der Waals surface area contributed by atoms with Gasteiger partial charge >= 0.3 is 0 Å². The number of halogens is 2. The Hall–Kier alpha value is -3.55. The van der Waals surface area contributed by atoms with Crippen molar-refractivity contribution in [3.05, 3.63) is 100.0 Å². The average molecular weight is 496 g/mol. The van der Waals surface area contributed by atoms with Gasteiger partial charge in [0, 0.05) is 30.9 Å². The Kier molecular flexibility index (Phi) is 5.89. The molecule has 9 heteroatoms. The Morgan fingerprint density at radius 2 is 1.91 bits per heavy atom. The van der Waals surface area contributed by atoms with E-state index in [-0.39, 0.29) is 16.4 Å². The molecule has 1 aliphatic rings. The number of amides is 1. The van der Waals surface area contributed by atoms with E-state index in [0.717, 1.165) is 5.39 Å². The summed E-state index contributed by atoms with van der Waals surface area (Å²) in [5, 5.41) is 12.2. The van der Waals surface area contributed by atoms with Crippen LogP contribution in [-0.2, 0) is 11.3 Å². The van der Waals surface area contributed by atoms with Crippen LogP contribution in [0.15, 0.2) is 83.0 Å². The number of benzene rings is 2. The highest BCUT2D eigenvalue weighted by Gasteiger charge is 2.44. The quantitative estimate of drug-likeness (QED) is 0.337. The molecule has 1 amide bonds. The number of hydrogen-bond acceptors (Lipinski definition) is 5. The van der Waals surface area contributed by atoms with Gasteiger partial charge in [-0.25, -0.2) is 4.98 Å². The van der Waals surface area contributed by atoms with Crippen LogP contribution in [0.25, 0.3) is 11.0 Å². The summed E-state index contributed by atoms with van der Waals surface area (Å²) in [6.45, 7) is 0.911. The fourth-order valence-corrected chi connectivity index (χ4v) is 4.52. The molecule has 5 rings (SSSR count). The number of aliphatic hydroxyl groups excluding tert-OH is 1. The molecule has 0 spiro atoms. The highest BCUT2D eigenvalue weighted by Crippen LogP contribution is 2.41. The molecule has 4 aromatic rings. The number of rotatable bonds is 7. The van der Waals surface area contributed by atoms with Crippen molar-refractivity contribution in [2.75, 3.05) is 6.54 Å². The molecule has 0 bridgehead atoms. The number of para-hydroxylation sites is 1. The van der Waals surface area contributed by atoms with Gasteiger partial charge in [0.05, 0.1) is 28.0 Å². The molecule has 34 heavy (non-hydrogen) atoms. The molecular formula is C25H19Cl2N3O4. The number of aromatic nitrogens is 2. The molecule has 3 heterocycles. The van der Waals surface area contributed by atoms with Crippen molar-refractivity contribution in [1.29, 1.82) is 0 Å². The van der Waals surface area contributed by atoms with Crippen LogP contribution in [0.5, 0.6) is 0 Å². The predicted octanol–water partition coefficient (Wildman–Crippen LogP) is 5.60. The van der Waals surface area contributed by atoms with Crippen molar-refractivity contribution in [2.45, 2.75) is 19.0 Å². The normalized spacial score (nSPS) is 16.1. The molecule has 1 N–H and O–H groups in total. The van der Waals surface area contributed by atoms with E-state index in [4.69, 9.17) is 27.6 Å². The number of furan rings is 1. The van der Waals surface area contributed by atoms with Crippen molar-refractivity contribution >= 4 is 45.9 Å². The zero-order chi connectivity index (χ0) is 23.8. The van der Waals surface area contributed by atoms with E-state index in [0.29, 0.717) is 35.7 Å². The van der Waals surface area contributed by atoms with Crippen LogP contribution in [0.2, 0.25) is 10.0 Å². The smallest absolute Gasteiger partial charge is 0.290 e. The van der Waals surface area contributed by atoms with Crippen LogP contribution in [-0.4, -0.2) is 37.8 Å². The molecular weight excluding hydrogens is 477 g/mol. The number of hydrogen-bond donors (Lipinski definition) is 1. The van der Waals surface area contributed by atoms with Gasteiger partial charge in [-0.1, -0.05) is 47.5 Å². The van der Waals surface area contributed by atoms with Gasteiger partial charge in [-0.2, -0.15) is 0 Å². The number of fused-ring (bicyclic) bond motifs is 1. The minimum atomic E-state index is -0.842. The first-order valence-electron chi connectivity index (χ1n) is 10.6. The lowest BCUT2D eigenvalue weighted by atomic mass is 9.95. The van der Waals surface area contributed by atoms with Crippen LogP contribution in [0.3, 0.4) is 0 Å². The number of imidazole rings is 1. The third-order valence-corrected chi connectivity index (χ3v) is 6.57. The fourth-order valence-electron chi connectivity index (χ4n) is 4.21. The number of carbonyl (C=O) groups excluding carboxylic acids is 2. The van der Waals surface area contributed by atoms with Crippen molar-refractivity contribution in [3.8, 4) is 0 Å². The third-order valence-electron chi connectivity index (χ3n) is 5.83. The largest absolute Gasteiger partial charge is 0.503 e. The maximum atomic E-state index is 13.6. The second-order valence-electron chi connectivity index (χ2n) is 7.97. The molecule has 0 fully saturated rings. The zero-order valence-corrected chi connectivity index (χ0v) is 19.3. The van der Waals surface area contributed by atoms with Gasteiger partial charge < -0.3 is 19.0 Å². The highest BCUT2D eigenvalue weighted by atomic mass is 35.5. The van der Waals surface area contributed by atoms with Gasteiger partial charge in [0.2, 0.25) is 5.78 Å². The van der Waals surface area contributed by atoms with Crippen molar-refractivity contribution < 1.29 is 19.1 Å². The molecule has 1 atom stereocenters. The monoisotopic (exact) mass is 495 g/mol. The van der Waals surface area contributed by atoms with E-state index in [9.17, 15) is 14.7 Å². The van der Waals surface area contributed by atoms with E-state index in [2.05, 4.69) is 4.98 Å². The summed E-state index contributed by atoms with van der Waals surface area (Å²) in [4.78, 5) is 32.2. The van der Waals surface area contributed by atoms with Crippen LogP contribution < -0.4 is 0 Å². The highest BCUT2D eigenvalue weighted by molar-refractivity contribution is 6.42. The molecule has 0 aliphatic carbocycles. The van der Waals surface area contributed by atoms with E-state index < -0.39 is 23.5 Å². The van der Waals surface area contributed by atoms with Gasteiger partial charge in [-0.05, 0) is 36.2 Å². The summed E-state index contributed by atoms with van der Waals surface area (Å²) in [6, 6.07) is 12.9. The first kappa shape index (κ1) is 22.3. The molecule has 0 saturated heterocycles. The number of aryl methyl sites for hydroxylation is 1. The van der Waals surface area contributed by atoms with E-state index in [1.165, 1.54) is 4.90 Å². The average Bonchev–Trinajstić information content (AvgIpc) is 3.55. The van der Waals surface area contributed by atoms with Crippen molar-refractivity contribution in [1.82, 2.24) is 14.5 Å². The summed E-state index contributed by atoms with van der Waals surface area (Å²) in [5.41, 5.74) is 1.05. The summed E-state index contributed by atoms with van der Waals surface area (Å²) in [5.74, 6) is -1.73. The van der Waals surface area contributed by atoms with Gasteiger partial charge in [-0.15, -0.1) is 0 Å². The molecule has 2 aromatic carbocycles. The first-order chi connectivity index (χ1) is 16.4. The minimum absolute atomic E-state index is 0.0425. The predicted molar refractivity (Wildman–Crippen MR) is 128 cm³/mol. The third kappa shape index (κ3) is 3.97. The maximum Gasteiger partial charge on any atom is 0.290 e. The van der Waals surface area contributed by atoms with Crippen LogP contribution in [0.1, 0.15) is 28.6 Å². The second kappa shape index (κ2) is 9.00. The minimum Gasteiger partial charge on any atom is -0.503 e. The molecule has 7 nitrogen and oxygen atoms in total. The van der Waals surface area contributed by atoms with Crippen LogP contribution in [0, 0.1) is 0 Å².